The lowest BCUT2D eigenvalue weighted by molar-refractivity contribution is -0.105. The van der Waals surface area contributed by atoms with Gasteiger partial charge in [0.25, 0.3) is 0 Å². The Hall–Kier alpha value is -2.34. The maximum absolute atomic E-state index is 10.8. The van der Waals surface area contributed by atoms with Crippen molar-refractivity contribution in [3.8, 4) is 5.69 Å². The number of nitrogens with one attached hydrogen (secondary N) is 1. The summed E-state index contributed by atoms with van der Waals surface area (Å²) in [6.45, 7) is 2.00. The van der Waals surface area contributed by atoms with Gasteiger partial charge in [-0.05, 0) is 56.4 Å². The summed E-state index contributed by atoms with van der Waals surface area (Å²) in [6.07, 6.45) is 6.35. The third-order valence-corrected chi connectivity index (χ3v) is 5.58. The van der Waals surface area contributed by atoms with Crippen LogP contribution >= 0.6 is 11.8 Å². The highest BCUT2D eigenvalue weighted by Gasteiger charge is 2.27. The Labute approximate surface area is 150 Å². The monoisotopic (exact) mass is 352 g/mol. The van der Waals surface area contributed by atoms with Gasteiger partial charge in [0, 0.05) is 16.5 Å². The molecule has 0 atom stereocenters. The summed E-state index contributed by atoms with van der Waals surface area (Å²) in [6, 6.07) is 10.1. The summed E-state index contributed by atoms with van der Waals surface area (Å²) in [5.74, 6) is 1.60. The summed E-state index contributed by atoms with van der Waals surface area (Å²) in [5, 5.41) is 2.76. The predicted octanol–water partition coefficient (Wildman–Crippen LogP) is 4.29. The largest absolute Gasteiger partial charge is 0.328 e. The molecule has 1 aliphatic carbocycles. The number of imidazole rings is 1. The Balaban J connectivity index is 1.92. The molecule has 6 heteroatoms. The van der Waals surface area contributed by atoms with Crippen molar-refractivity contribution < 1.29 is 4.79 Å². The molecule has 0 aliphatic heterocycles. The SMILES string of the molecule is CSc1cc(-n2c(C3CCC3)nc3ccc(C)nc32)ccc1NC=O. The third kappa shape index (κ3) is 2.80. The minimum absolute atomic E-state index is 0.500. The number of hydrogen-bond acceptors (Lipinski definition) is 4. The van der Waals surface area contributed by atoms with Crippen molar-refractivity contribution >= 4 is 35.0 Å². The number of pyridine rings is 1. The molecule has 2 aromatic heterocycles. The maximum atomic E-state index is 10.8. The summed E-state index contributed by atoms with van der Waals surface area (Å²) in [4.78, 5) is 21.5. The van der Waals surface area contributed by atoms with E-state index in [4.69, 9.17) is 9.97 Å². The minimum Gasteiger partial charge on any atom is -0.328 e. The maximum Gasteiger partial charge on any atom is 0.211 e. The molecule has 4 rings (SSSR count). The second-order valence-electron chi connectivity index (χ2n) is 6.38. The van der Waals surface area contributed by atoms with Crippen LogP contribution in [0.4, 0.5) is 5.69 Å². The smallest absolute Gasteiger partial charge is 0.211 e. The van der Waals surface area contributed by atoms with Crippen molar-refractivity contribution in [2.45, 2.75) is 37.0 Å². The number of aromatic nitrogens is 3. The van der Waals surface area contributed by atoms with Crippen molar-refractivity contribution in [1.29, 1.82) is 0 Å². The van der Waals surface area contributed by atoms with Gasteiger partial charge in [0.1, 0.15) is 11.3 Å². The lowest BCUT2D eigenvalue weighted by Gasteiger charge is -2.25. The van der Waals surface area contributed by atoms with E-state index in [0.717, 1.165) is 39.0 Å². The van der Waals surface area contributed by atoms with E-state index >= 15 is 0 Å². The molecule has 128 valence electrons. The van der Waals surface area contributed by atoms with E-state index in [-0.39, 0.29) is 0 Å². The van der Waals surface area contributed by atoms with E-state index in [1.54, 1.807) is 11.8 Å². The van der Waals surface area contributed by atoms with Gasteiger partial charge in [-0.3, -0.25) is 9.36 Å². The van der Waals surface area contributed by atoms with Gasteiger partial charge in [-0.25, -0.2) is 9.97 Å². The van der Waals surface area contributed by atoms with Crippen molar-refractivity contribution in [3.63, 3.8) is 0 Å². The molecule has 5 nitrogen and oxygen atoms in total. The fourth-order valence-corrected chi connectivity index (χ4v) is 3.85. The van der Waals surface area contributed by atoms with E-state index in [1.807, 2.05) is 37.4 Å². The normalized spacial score (nSPS) is 14.5. The topological polar surface area (TPSA) is 59.8 Å². The number of carbonyl (C=O) groups is 1. The van der Waals surface area contributed by atoms with Crippen molar-refractivity contribution in [2.75, 3.05) is 11.6 Å². The number of nitrogens with zero attached hydrogens (tertiary/aromatic N) is 3. The number of thioether (sulfide) groups is 1. The molecule has 1 amide bonds. The van der Waals surface area contributed by atoms with Gasteiger partial charge in [0.15, 0.2) is 5.65 Å². The zero-order valence-electron chi connectivity index (χ0n) is 14.3. The molecule has 0 spiro atoms. The predicted molar refractivity (Wildman–Crippen MR) is 102 cm³/mol. The minimum atomic E-state index is 0.500. The van der Waals surface area contributed by atoms with Crippen LogP contribution in [0, 0.1) is 6.92 Å². The van der Waals surface area contributed by atoms with Gasteiger partial charge in [-0.15, -0.1) is 11.8 Å². The molecule has 0 unspecified atom stereocenters. The van der Waals surface area contributed by atoms with Crippen molar-refractivity contribution in [2.24, 2.45) is 0 Å². The molecule has 1 aliphatic rings. The van der Waals surface area contributed by atoms with E-state index in [1.165, 1.54) is 19.3 Å². The van der Waals surface area contributed by atoms with Gasteiger partial charge in [0.05, 0.1) is 11.4 Å². The number of benzene rings is 1. The van der Waals surface area contributed by atoms with E-state index in [2.05, 4.69) is 16.0 Å². The van der Waals surface area contributed by atoms with Gasteiger partial charge in [-0.2, -0.15) is 0 Å². The second kappa shape index (κ2) is 6.52. The van der Waals surface area contributed by atoms with Crippen LogP contribution in [0.1, 0.15) is 36.7 Å². The molecule has 0 bridgehead atoms. The molecule has 25 heavy (non-hydrogen) atoms. The molecule has 0 radical (unpaired) electrons. The van der Waals surface area contributed by atoms with Crippen molar-refractivity contribution in [1.82, 2.24) is 14.5 Å². The zero-order valence-corrected chi connectivity index (χ0v) is 15.1. The summed E-state index contributed by atoms with van der Waals surface area (Å²) >= 11 is 1.61. The van der Waals surface area contributed by atoms with Gasteiger partial charge >= 0.3 is 0 Å². The van der Waals surface area contributed by atoms with Crippen LogP contribution in [0.15, 0.2) is 35.2 Å². The van der Waals surface area contributed by atoms with Gasteiger partial charge in [0.2, 0.25) is 6.41 Å². The van der Waals surface area contributed by atoms with Crippen LogP contribution in [0.25, 0.3) is 16.9 Å². The average molecular weight is 352 g/mol. The number of fused-ring (bicyclic) bond motifs is 1. The third-order valence-electron chi connectivity index (χ3n) is 4.80. The van der Waals surface area contributed by atoms with E-state index < -0.39 is 0 Å². The molecular formula is C19H20N4OS. The number of amides is 1. The molecule has 1 saturated carbocycles. The average Bonchev–Trinajstić information content (AvgIpc) is 2.92. The van der Waals surface area contributed by atoms with Crippen LogP contribution in [-0.4, -0.2) is 27.2 Å². The highest BCUT2D eigenvalue weighted by Crippen LogP contribution is 2.39. The lowest BCUT2D eigenvalue weighted by Crippen LogP contribution is -2.15. The Kier molecular flexibility index (Phi) is 4.21. The first-order valence-corrected chi connectivity index (χ1v) is 9.68. The Morgan fingerprint density at radius 1 is 1.24 bits per heavy atom. The first-order chi connectivity index (χ1) is 12.2. The van der Waals surface area contributed by atoms with Crippen LogP contribution in [0.3, 0.4) is 0 Å². The lowest BCUT2D eigenvalue weighted by atomic mass is 9.85. The second-order valence-corrected chi connectivity index (χ2v) is 7.22. The quantitative estimate of drug-likeness (QED) is 0.550. The van der Waals surface area contributed by atoms with Crippen LogP contribution in [-0.2, 0) is 4.79 Å². The van der Waals surface area contributed by atoms with Gasteiger partial charge in [-0.1, -0.05) is 6.42 Å². The number of carbonyl (C=O) groups excluding carboxylic acids is 1. The molecular weight excluding hydrogens is 332 g/mol. The summed E-state index contributed by atoms with van der Waals surface area (Å²) in [7, 11) is 0. The highest BCUT2D eigenvalue weighted by molar-refractivity contribution is 7.98. The summed E-state index contributed by atoms with van der Waals surface area (Å²) < 4.78 is 2.19. The Bertz CT molecular complexity index is 946. The summed E-state index contributed by atoms with van der Waals surface area (Å²) in [5.41, 5.74) is 4.70. The van der Waals surface area contributed by atoms with Gasteiger partial charge < -0.3 is 5.32 Å². The van der Waals surface area contributed by atoms with E-state index in [9.17, 15) is 4.79 Å². The molecule has 0 saturated heterocycles. The Morgan fingerprint density at radius 3 is 2.76 bits per heavy atom. The number of hydrogen-bond donors (Lipinski definition) is 1. The molecule has 3 aromatic rings. The first kappa shape index (κ1) is 16.1. The van der Waals surface area contributed by atoms with Crippen LogP contribution in [0.2, 0.25) is 0 Å². The molecule has 1 N–H and O–H groups in total. The Morgan fingerprint density at radius 2 is 2.08 bits per heavy atom. The number of aryl methyl sites for hydroxylation is 1. The first-order valence-electron chi connectivity index (χ1n) is 8.46. The number of anilines is 1. The fourth-order valence-electron chi connectivity index (χ4n) is 3.27. The molecule has 2 heterocycles. The highest BCUT2D eigenvalue weighted by atomic mass is 32.2. The standard InChI is InChI=1S/C19H20N4OS/c1-12-6-8-16-19(21-12)23(18(22-16)13-4-3-5-13)14-7-9-15(20-11-24)17(10-14)25-2/h6-11,13H,3-5H2,1-2H3,(H,20,24). The van der Waals surface area contributed by atoms with Crippen LogP contribution < -0.4 is 5.32 Å². The fraction of sp³-hybridized carbons (Fsp3) is 0.316. The van der Waals surface area contributed by atoms with E-state index in [0.29, 0.717) is 12.3 Å². The zero-order chi connectivity index (χ0) is 17.4. The molecule has 1 aromatic carbocycles. The molecule has 1 fully saturated rings. The number of rotatable bonds is 5. The van der Waals surface area contributed by atoms with Crippen LogP contribution in [0.5, 0.6) is 0 Å². The van der Waals surface area contributed by atoms with Crippen molar-refractivity contribution in [3.05, 3.63) is 41.9 Å².